The van der Waals surface area contributed by atoms with Crippen molar-refractivity contribution >= 4 is 29.5 Å². The SMILES string of the molecule is CSCC[C@H](C(=O)Oc1ccc(C)c(C)c1)N1C(=O)c2ccccc2C1=O. The fraction of sp³-hybridized carbons (Fsp3) is 0.286. The van der Waals surface area contributed by atoms with Crippen molar-refractivity contribution in [1.29, 1.82) is 0 Å². The minimum atomic E-state index is -0.952. The Kier molecular flexibility index (Phi) is 5.65. The van der Waals surface area contributed by atoms with Crippen LogP contribution in [0.2, 0.25) is 0 Å². The summed E-state index contributed by atoms with van der Waals surface area (Å²) >= 11 is 1.55. The van der Waals surface area contributed by atoms with Gasteiger partial charge >= 0.3 is 5.97 Å². The third-order valence-corrected chi connectivity index (χ3v) is 5.35. The van der Waals surface area contributed by atoms with E-state index in [1.807, 2.05) is 26.2 Å². The Bertz CT molecular complexity index is 874. The maximum atomic E-state index is 12.9. The number of fused-ring (bicyclic) bond motifs is 1. The first-order valence-corrected chi connectivity index (χ1v) is 10.1. The van der Waals surface area contributed by atoms with Crippen molar-refractivity contribution in [3.8, 4) is 5.75 Å². The lowest BCUT2D eigenvalue weighted by Crippen LogP contribution is -2.47. The van der Waals surface area contributed by atoms with E-state index >= 15 is 0 Å². The predicted molar refractivity (Wildman–Crippen MR) is 105 cm³/mol. The van der Waals surface area contributed by atoms with Crippen LogP contribution in [-0.4, -0.2) is 40.7 Å². The first kappa shape index (κ1) is 19.2. The third-order valence-electron chi connectivity index (χ3n) is 4.70. The van der Waals surface area contributed by atoms with Crippen LogP contribution in [0.3, 0.4) is 0 Å². The molecular weight excluding hydrogens is 362 g/mol. The zero-order valence-electron chi connectivity index (χ0n) is 15.5. The predicted octanol–water partition coefficient (Wildman–Crippen LogP) is 3.63. The highest BCUT2D eigenvalue weighted by Crippen LogP contribution is 2.27. The van der Waals surface area contributed by atoms with E-state index in [2.05, 4.69) is 0 Å². The number of carbonyl (C=O) groups excluding carboxylic acids is 3. The van der Waals surface area contributed by atoms with Gasteiger partial charge in [0, 0.05) is 0 Å². The number of benzene rings is 2. The second kappa shape index (κ2) is 7.96. The minimum Gasteiger partial charge on any atom is -0.425 e. The summed E-state index contributed by atoms with van der Waals surface area (Å²) in [5, 5.41) is 0. The Hall–Kier alpha value is -2.60. The number of ether oxygens (including phenoxy) is 1. The van der Waals surface area contributed by atoms with Gasteiger partial charge in [-0.1, -0.05) is 18.2 Å². The molecule has 0 aromatic heterocycles. The third kappa shape index (κ3) is 3.76. The van der Waals surface area contributed by atoms with Crippen LogP contribution in [-0.2, 0) is 4.79 Å². The van der Waals surface area contributed by atoms with Gasteiger partial charge in [0.1, 0.15) is 11.8 Å². The van der Waals surface area contributed by atoms with Crippen LogP contribution in [0.4, 0.5) is 0 Å². The lowest BCUT2D eigenvalue weighted by atomic mass is 10.1. The Labute approximate surface area is 162 Å². The lowest BCUT2D eigenvalue weighted by molar-refractivity contribution is -0.138. The maximum Gasteiger partial charge on any atom is 0.334 e. The molecule has 1 atom stereocenters. The van der Waals surface area contributed by atoms with E-state index in [4.69, 9.17) is 4.74 Å². The summed E-state index contributed by atoms with van der Waals surface area (Å²) in [6, 6.07) is 11.0. The van der Waals surface area contributed by atoms with Gasteiger partial charge in [-0.05, 0) is 67.7 Å². The van der Waals surface area contributed by atoms with Crippen LogP contribution < -0.4 is 4.74 Å². The normalized spacial score (nSPS) is 14.3. The van der Waals surface area contributed by atoms with Crippen LogP contribution >= 0.6 is 11.8 Å². The molecule has 0 fully saturated rings. The van der Waals surface area contributed by atoms with Gasteiger partial charge in [0.25, 0.3) is 11.8 Å². The fourth-order valence-corrected chi connectivity index (χ4v) is 3.49. The second-order valence-electron chi connectivity index (χ2n) is 6.49. The summed E-state index contributed by atoms with van der Waals surface area (Å²) in [6.45, 7) is 3.91. The number of thioether (sulfide) groups is 1. The van der Waals surface area contributed by atoms with Gasteiger partial charge < -0.3 is 4.74 Å². The minimum absolute atomic E-state index is 0.329. The number of nitrogens with zero attached hydrogens (tertiary/aromatic N) is 1. The maximum absolute atomic E-state index is 12.9. The molecule has 5 nitrogen and oxygen atoms in total. The highest BCUT2D eigenvalue weighted by atomic mass is 32.2. The molecule has 1 aliphatic heterocycles. The standard InChI is InChI=1S/C21H21NO4S/c1-13-8-9-15(12-14(13)2)26-21(25)18(10-11-27-3)22-19(23)16-6-4-5-7-17(16)20(22)24/h4-9,12,18H,10-11H2,1-3H3/t18-/m1/s1. The Balaban J connectivity index is 1.87. The van der Waals surface area contributed by atoms with Crippen molar-refractivity contribution in [2.45, 2.75) is 26.3 Å². The first-order chi connectivity index (χ1) is 12.9. The number of amides is 2. The van der Waals surface area contributed by atoms with Crippen molar-refractivity contribution in [3.63, 3.8) is 0 Å². The summed E-state index contributed by atoms with van der Waals surface area (Å²) in [5.41, 5.74) is 2.75. The molecule has 0 saturated carbocycles. The summed E-state index contributed by atoms with van der Waals surface area (Å²) in [7, 11) is 0. The molecule has 1 aliphatic rings. The monoisotopic (exact) mass is 383 g/mol. The topological polar surface area (TPSA) is 63.7 Å². The smallest absolute Gasteiger partial charge is 0.334 e. The molecule has 0 bridgehead atoms. The van der Waals surface area contributed by atoms with Crippen molar-refractivity contribution in [3.05, 3.63) is 64.7 Å². The molecule has 27 heavy (non-hydrogen) atoms. The molecule has 3 rings (SSSR count). The van der Waals surface area contributed by atoms with Crippen LogP contribution in [0, 0.1) is 13.8 Å². The van der Waals surface area contributed by atoms with E-state index in [9.17, 15) is 14.4 Å². The van der Waals surface area contributed by atoms with Crippen molar-refractivity contribution < 1.29 is 19.1 Å². The first-order valence-electron chi connectivity index (χ1n) is 8.69. The molecule has 2 amide bonds. The zero-order chi connectivity index (χ0) is 19.6. The molecule has 2 aromatic carbocycles. The van der Waals surface area contributed by atoms with E-state index in [0.29, 0.717) is 29.1 Å². The Morgan fingerprint density at radius 3 is 2.22 bits per heavy atom. The number of imide groups is 1. The number of hydrogen-bond donors (Lipinski definition) is 0. The number of hydrogen-bond acceptors (Lipinski definition) is 5. The average Bonchev–Trinajstić information content (AvgIpc) is 2.90. The summed E-state index contributed by atoms with van der Waals surface area (Å²) in [5.74, 6) is -0.451. The van der Waals surface area contributed by atoms with Gasteiger partial charge in [-0.2, -0.15) is 11.8 Å². The molecule has 0 N–H and O–H groups in total. The van der Waals surface area contributed by atoms with Crippen LogP contribution in [0.1, 0.15) is 38.3 Å². The summed E-state index contributed by atoms with van der Waals surface area (Å²) in [4.78, 5) is 39.4. The van der Waals surface area contributed by atoms with Crippen LogP contribution in [0.15, 0.2) is 42.5 Å². The summed E-state index contributed by atoms with van der Waals surface area (Å²) in [6.07, 6.45) is 2.25. The van der Waals surface area contributed by atoms with Crippen molar-refractivity contribution in [1.82, 2.24) is 4.90 Å². The number of aryl methyl sites for hydroxylation is 2. The Morgan fingerprint density at radius 2 is 1.67 bits per heavy atom. The van der Waals surface area contributed by atoms with Gasteiger partial charge in [-0.15, -0.1) is 0 Å². The lowest BCUT2D eigenvalue weighted by Gasteiger charge is -2.24. The zero-order valence-corrected chi connectivity index (χ0v) is 16.3. The van der Waals surface area contributed by atoms with Crippen LogP contribution in [0.25, 0.3) is 0 Å². The molecule has 0 spiro atoms. The average molecular weight is 383 g/mol. The Morgan fingerprint density at radius 1 is 1.04 bits per heavy atom. The van der Waals surface area contributed by atoms with Gasteiger partial charge in [-0.25, -0.2) is 4.79 Å². The summed E-state index contributed by atoms with van der Waals surface area (Å²) < 4.78 is 5.52. The van der Waals surface area contributed by atoms with E-state index < -0.39 is 23.8 Å². The van der Waals surface area contributed by atoms with Gasteiger partial charge in [0.15, 0.2) is 0 Å². The molecule has 2 aromatic rings. The highest BCUT2D eigenvalue weighted by Gasteiger charge is 2.43. The quantitative estimate of drug-likeness (QED) is 0.433. The van der Waals surface area contributed by atoms with Crippen molar-refractivity contribution in [2.24, 2.45) is 0 Å². The van der Waals surface area contributed by atoms with E-state index in [0.717, 1.165) is 16.0 Å². The molecule has 0 saturated heterocycles. The number of esters is 1. The van der Waals surface area contributed by atoms with E-state index in [-0.39, 0.29) is 0 Å². The van der Waals surface area contributed by atoms with E-state index in [1.54, 1.807) is 48.2 Å². The highest BCUT2D eigenvalue weighted by molar-refractivity contribution is 7.98. The van der Waals surface area contributed by atoms with Crippen molar-refractivity contribution in [2.75, 3.05) is 12.0 Å². The molecule has 1 heterocycles. The molecular formula is C21H21NO4S. The second-order valence-corrected chi connectivity index (χ2v) is 7.48. The number of carbonyl (C=O) groups is 3. The van der Waals surface area contributed by atoms with Gasteiger partial charge in [0.2, 0.25) is 0 Å². The fourth-order valence-electron chi connectivity index (χ4n) is 3.03. The molecule has 140 valence electrons. The van der Waals surface area contributed by atoms with Gasteiger partial charge in [-0.3, -0.25) is 14.5 Å². The molecule has 0 unspecified atom stereocenters. The largest absolute Gasteiger partial charge is 0.425 e. The number of rotatable bonds is 6. The van der Waals surface area contributed by atoms with Gasteiger partial charge in [0.05, 0.1) is 11.1 Å². The molecule has 6 heteroatoms. The van der Waals surface area contributed by atoms with Crippen LogP contribution in [0.5, 0.6) is 5.75 Å². The molecule has 0 radical (unpaired) electrons. The van der Waals surface area contributed by atoms with E-state index in [1.165, 1.54) is 0 Å². The molecule has 0 aliphatic carbocycles.